The maximum Gasteiger partial charge on any atom is 0.319 e. The first-order valence-corrected chi connectivity index (χ1v) is 6.40. The van der Waals surface area contributed by atoms with Gasteiger partial charge in [0.05, 0.1) is 12.8 Å². The van der Waals surface area contributed by atoms with Crippen LogP contribution in [0.25, 0.3) is 0 Å². The second-order valence-corrected chi connectivity index (χ2v) is 4.68. The summed E-state index contributed by atoms with van der Waals surface area (Å²) >= 11 is 0. The number of furan rings is 1. The lowest BCUT2D eigenvalue weighted by molar-refractivity contribution is 0.149. The van der Waals surface area contributed by atoms with Crippen molar-refractivity contribution in [2.75, 3.05) is 11.9 Å². The topological polar surface area (TPSA) is 74.5 Å². The third kappa shape index (κ3) is 3.61. The summed E-state index contributed by atoms with van der Waals surface area (Å²) in [6.07, 6.45) is 0.628. The molecule has 0 fully saturated rings. The van der Waals surface area contributed by atoms with Crippen LogP contribution >= 0.6 is 0 Å². The van der Waals surface area contributed by atoms with Gasteiger partial charge in [0.25, 0.3) is 0 Å². The highest BCUT2D eigenvalue weighted by molar-refractivity contribution is 5.90. The minimum Gasteiger partial charge on any atom is -0.467 e. The summed E-state index contributed by atoms with van der Waals surface area (Å²) in [7, 11) is 0. The normalized spacial score (nSPS) is 11.9. The summed E-state index contributed by atoms with van der Waals surface area (Å²) in [5, 5.41) is 15.2. The van der Waals surface area contributed by atoms with Gasteiger partial charge in [-0.15, -0.1) is 0 Å². The molecular weight excluding hydrogens is 256 g/mol. The number of carbonyl (C=O) groups is 1. The van der Waals surface area contributed by atoms with Crippen molar-refractivity contribution in [2.24, 2.45) is 0 Å². The molecule has 0 saturated carbocycles. The van der Waals surface area contributed by atoms with E-state index >= 15 is 0 Å². The molecule has 106 valence electrons. The Bertz CT molecular complexity index is 579. The van der Waals surface area contributed by atoms with Gasteiger partial charge in [-0.2, -0.15) is 0 Å². The molecule has 0 saturated heterocycles. The van der Waals surface area contributed by atoms with Gasteiger partial charge in [0.15, 0.2) is 0 Å². The molecule has 0 spiro atoms. The molecule has 1 aromatic carbocycles. The van der Waals surface area contributed by atoms with Crippen LogP contribution in [0.3, 0.4) is 0 Å². The van der Waals surface area contributed by atoms with E-state index in [4.69, 9.17) is 4.42 Å². The molecule has 1 unspecified atom stereocenters. The number of benzene rings is 1. The molecule has 5 heteroatoms. The lowest BCUT2D eigenvalue weighted by Crippen LogP contribution is -2.32. The van der Waals surface area contributed by atoms with Gasteiger partial charge >= 0.3 is 6.03 Å². The fourth-order valence-corrected chi connectivity index (χ4v) is 1.81. The number of hydrogen-bond donors (Lipinski definition) is 3. The van der Waals surface area contributed by atoms with Crippen molar-refractivity contribution >= 4 is 11.7 Å². The number of aliphatic hydroxyl groups is 1. The number of hydrogen-bond acceptors (Lipinski definition) is 3. The van der Waals surface area contributed by atoms with Crippen LogP contribution < -0.4 is 10.6 Å². The minimum atomic E-state index is -0.852. The maximum absolute atomic E-state index is 11.8. The zero-order chi connectivity index (χ0) is 14.5. The number of carbonyl (C=O) groups excluding carboxylic acids is 1. The van der Waals surface area contributed by atoms with E-state index in [9.17, 15) is 9.90 Å². The highest BCUT2D eigenvalue weighted by Crippen LogP contribution is 2.16. The number of nitrogens with one attached hydrogen (secondary N) is 2. The molecule has 2 rings (SSSR count). The van der Waals surface area contributed by atoms with Crippen LogP contribution in [0.2, 0.25) is 0 Å². The highest BCUT2D eigenvalue weighted by atomic mass is 16.4. The molecule has 0 aliphatic rings. The van der Waals surface area contributed by atoms with Gasteiger partial charge in [0, 0.05) is 5.69 Å². The maximum atomic E-state index is 11.8. The molecule has 5 nitrogen and oxygen atoms in total. The molecule has 2 amide bonds. The number of aliphatic hydroxyl groups excluding tert-OH is 1. The summed E-state index contributed by atoms with van der Waals surface area (Å²) in [6.45, 7) is 3.97. The van der Waals surface area contributed by atoms with Gasteiger partial charge in [-0.3, -0.25) is 0 Å². The first-order chi connectivity index (χ1) is 9.56. The SMILES string of the molecule is Cc1ccc(C)c(NC(=O)NCC(O)c2ccco2)c1. The zero-order valence-electron chi connectivity index (χ0n) is 11.5. The minimum absolute atomic E-state index is 0.0875. The summed E-state index contributed by atoms with van der Waals surface area (Å²) in [5.74, 6) is 0.428. The van der Waals surface area contributed by atoms with Gasteiger partial charge in [0.2, 0.25) is 0 Å². The molecule has 0 aliphatic carbocycles. The van der Waals surface area contributed by atoms with Gasteiger partial charge < -0.3 is 20.2 Å². The van der Waals surface area contributed by atoms with Crippen LogP contribution in [-0.2, 0) is 0 Å². The smallest absolute Gasteiger partial charge is 0.319 e. The second kappa shape index (κ2) is 6.25. The molecule has 0 radical (unpaired) electrons. The fraction of sp³-hybridized carbons (Fsp3) is 0.267. The van der Waals surface area contributed by atoms with E-state index in [2.05, 4.69) is 10.6 Å². The molecule has 0 bridgehead atoms. The first-order valence-electron chi connectivity index (χ1n) is 6.40. The van der Waals surface area contributed by atoms with Crippen LogP contribution in [-0.4, -0.2) is 17.7 Å². The molecule has 0 aliphatic heterocycles. The molecular formula is C15H18N2O3. The first kappa shape index (κ1) is 14.1. The van der Waals surface area contributed by atoms with Crippen LogP contribution in [0.5, 0.6) is 0 Å². The summed E-state index contributed by atoms with van der Waals surface area (Å²) < 4.78 is 5.06. The number of rotatable bonds is 4. The quantitative estimate of drug-likeness (QED) is 0.802. The molecule has 20 heavy (non-hydrogen) atoms. The standard InChI is InChI=1S/C15H18N2O3/c1-10-5-6-11(2)12(8-10)17-15(19)16-9-13(18)14-4-3-7-20-14/h3-8,13,18H,9H2,1-2H3,(H2,16,17,19). The summed E-state index contributed by atoms with van der Waals surface area (Å²) in [4.78, 5) is 11.8. The molecule has 1 aromatic heterocycles. The highest BCUT2D eigenvalue weighted by Gasteiger charge is 2.12. The monoisotopic (exact) mass is 274 g/mol. The molecule has 2 aromatic rings. The molecule has 1 heterocycles. The van der Waals surface area contributed by atoms with Gasteiger partial charge in [0.1, 0.15) is 11.9 Å². The third-order valence-electron chi connectivity index (χ3n) is 2.97. The van der Waals surface area contributed by atoms with E-state index in [1.54, 1.807) is 12.1 Å². The summed E-state index contributed by atoms with van der Waals surface area (Å²) in [6, 6.07) is 8.83. The Morgan fingerprint density at radius 1 is 1.35 bits per heavy atom. The van der Waals surface area contributed by atoms with Crippen LogP contribution in [0.15, 0.2) is 41.0 Å². The number of aryl methyl sites for hydroxylation is 2. The van der Waals surface area contributed by atoms with E-state index in [0.717, 1.165) is 16.8 Å². The van der Waals surface area contributed by atoms with Gasteiger partial charge in [-0.05, 0) is 43.2 Å². The fourth-order valence-electron chi connectivity index (χ4n) is 1.81. The average molecular weight is 274 g/mol. The van der Waals surface area contributed by atoms with E-state index in [1.165, 1.54) is 6.26 Å². The van der Waals surface area contributed by atoms with Crippen LogP contribution in [0.4, 0.5) is 10.5 Å². The average Bonchev–Trinajstić information content (AvgIpc) is 2.94. The van der Waals surface area contributed by atoms with E-state index in [1.807, 2.05) is 32.0 Å². The predicted molar refractivity (Wildman–Crippen MR) is 76.6 cm³/mol. The Morgan fingerprint density at radius 3 is 2.85 bits per heavy atom. The zero-order valence-corrected chi connectivity index (χ0v) is 11.5. The summed E-state index contributed by atoms with van der Waals surface area (Å²) in [5.41, 5.74) is 2.81. The second-order valence-electron chi connectivity index (χ2n) is 4.68. The van der Waals surface area contributed by atoms with Crippen LogP contribution in [0.1, 0.15) is 23.0 Å². The Morgan fingerprint density at radius 2 is 2.15 bits per heavy atom. The Hall–Kier alpha value is -2.27. The van der Waals surface area contributed by atoms with Gasteiger partial charge in [-0.25, -0.2) is 4.79 Å². The molecule has 3 N–H and O–H groups in total. The van der Waals surface area contributed by atoms with Crippen molar-refractivity contribution in [2.45, 2.75) is 20.0 Å². The van der Waals surface area contributed by atoms with Crippen molar-refractivity contribution in [1.29, 1.82) is 0 Å². The van der Waals surface area contributed by atoms with Gasteiger partial charge in [-0.1, -0.05) is 12.1 Å². The lowest BCUT2D eigenvalue weighted by Gasteiger charge is -2.12. The Balaban J connectivity index is 1.88. The lowest BCUT2D eigenvalue weighted by atomic mass is 10.1. The van der Waals surface area contributed by atoms with E-state index in [-0.39, 0.29) is 12.6 Å². The number of anilines is 1. The Labute approximate surface area is 117 Å². The number of amides is 2. The van der Waals surface area contributed by atoms with Crippen molar-refractivity contribution in [3.05, 3.63) is 53.5 Å². The molecule has 1 atom stereocenters. The van der Waals surface area contributed by atoms with E-state index < -0.39 is 6.10 Å². The van der Waals surface area contributed by atoms with Crippen molar-refractivity contribution < 1.29 is 14.3 Å². The van der Waals surface area contributed by atoms with Crippen molar-refractivity contribution in [3.8, 4) is 0 Å². The van der Waals surface area contributed by atoms with E-state index in [0.29, 0.717) is 5.76 Å². The van der Waals surface area contributed by atoms with Crippen molar-refractivity contribution in [3.63, 3.8) is 0 Å². The van der Waals surface area contributed by atoms with Crippen LogP contribution in [0, 0.1) is 13.8 Å². The number of urea groups is 1. The van der Waals surface area contributed by atoms with Crippen molar-refractivity contribution in [1.82, 2.24) is 5.32 Å². The predicted octanol–water partition coefficient (Wildman–Crippen LogP) is 2.75. The third-order valence-corrected chi connectivity index (χ3v) is 2.97. The largest absolute Gasteiger partial charge is 0.467 e. The Kier molecular flexibility index (Phi) is 4.42.